The highest BCUT2D eigenvalue weighted by atomic mass is 16.1. The van der Waals surface area contributed by atoms with E-state index < -0.39 is 0 Å². The highest BCUT2D eigenvalue weighted by Crippen LogP contribution is 2.30. The molecule has 16 heavy (non-hydrogen) atoms. The van der Waals surface area contributed by atoms with Crippen LogP contribution in [0.1, 0.15) is 52.9 Å². The Morgan fingerprint density at radius 2 is 2.06 bits per heavy atom. The van der Waals surface area contributed by atoms with Crippen molar-refractivity contribution in [3.8, 4) is 0 Å². The second kappa shape index (κ2) is 6.47. The van der Waals surface area contributed by atoms with Crippen molar-refractivity contribution in [1.82, 2.24) is 0 Å². The van der Waals surface area contributed by atoms with Crippen molar-refractivity contribution >= 4 is 5.78 Å². The van der Waals surface area contributed by atoms with Gasteiger partial charge < -0.3 is 0 Å². The van der Waals surface area contributed by atoms with Gasteiger partial charge in [-0.2, -0.15) is 0 Å². The molecule has 1 aliphatic rings. The van der Waals surface area contributed by atoms with Crippen LogP contribution in [-0.2, 0) is 4.79 Å². The van der Waals surface area contributed by atoms with Crippen LogP contribution in [0.3, 0.4) is 0 Å². The second-order valence-electron chi connectivity index (χ2n) is 4.41. The summed E-state index contributed by atoms with van der Waals surface area (Å²) in [5.41, 5.74) is 3.75. The van der Waals surface area contributed by atoms with Crippen molar-refractivity contribution in [2.45, 2.75) is 52.9 Å². The molecule has 0 bridgehead atoms. The summed E-state index contributed by atoms with van der Waals surface area (Å²) >= 11 is 0. The highest BCUT2D eigenvalue weighted by molar-refractivity contribution is 5.97. The molecule has 0 unspecified atom stereocenters. The summed E-state index contributed by atoms with van der Waals surface area (Å²) in [6, 6.07) is 0. The van der Waals surface area contributed by atoms with E-state index in [1.807, 2.05) is 32.1 Å². The Kier molecular flexibility index (Phi) is 5.24. The lowest BCUT2D eigenvalue weighted by molar-refractivity contribution is -0.115. The molecule has 1 rings (SSSR count). The van der Waals surface area contributed by atoms with Crippen LogP contribution in [0.4, 0.5) is 0 Å². The summed E-state index contributed by atoms with van der Waals surface area (Å²) in [5.74, 6) is 0.289. The number of rotatable bonds is 5. The number of carbonyl (C=O) groups is 1. The Labute approximate surface area is 98.9 Å². The summed E-state index contributed by atoms with van der Waals surface area (Å²) in [4.78, 5) is 12.0. The van der Waals surface area contributed by atoms with Gasteiger partial charge in [0.25, 0.3) is 0 Å². The topological polar surface area (TPSA) is 17.1 Å². The minimum atomic E-state index is 0.289. The maximum absolute atomic E-state index is 12.0. The Hall–Kier alpha value is -1.11. The lowest BCUT2D eigenvalue weighted by Gasteiger charge is -2.20. The molecule has 1 saturated carbocycles. The smallest absolute Gasteiger partial charge is 0.162 e. The van der Waals surface area contributed by atoms with E-state index in [0.717, 1.165) is 12.0 Å². The number of allylic oxidation sites excluding steroid dienone is 6. The van der Waals surface area contributed by atoms with E-state index in [1.54, 1.807) is 0 Å². The molecule has 0 N–H and O–H groups in total. The summed E-state index contributed by atoms with van der Waals surface area (Å²) in [6.07, 6.45) is 11.0. The van der Waals surface area contributed by atoms with Crippen LogP contribution in [0.5, 0.6) is 0 Å². The first-order chi connectivity index (χ1) is 7.69. The van der Waals surface area contributed by atoms with Crippen LogP contribution in [-0.4, -0.2) is 5.78 Å². The van der Waals surface area contributed by atoms with Gasteiger partial charge in [0.05, 0.1) is 0 Å². The molecule has 0 atom stereocenters. The number of ketones is 1. The molecular formula is C15H22O. The number of hydrogen-bond donors (Lipinski definition) is 0. The largest absolute Gasteiger partial charge is 0.294 e. The van der Waals surface area contributed by atoms with E-state index in [0.29, 0.717) is 6.42 Å². The molecule has 1 nitrogen and oxygen atoms in total. The molecule has 0 saturated heterocycles. The quantitative estimate of drug-likeness (QED) is 0.381. The lowest BCUT2D eigenvalue weighted by Crippen LogP contribution is -2.07. The first-order valence-corrected chi connectivity index (χ1v) is 6.21. The average molecular weight is 218 g/mol. The number of carbonyl (C=O) groups excluding carboxylic acids is 1. The van der Waals surface area contributed by atoms with E-state index in [1.165, 1.54) is 30.4 Å². The third-order valence-corrected chi connectivity index (χ3v) is 3.22. The fourth-order valence-electron chi connectivity index (χ4n) is 1.88. The molecule has 0 radical (unpaired) electrons. The summed E-state index contributed by atoms with van der Waals surface area (Å²) in [7, 11) is 0. The van der Waals surface area contributed by atoms with Gasteiger partial charge >= 0.3 is 0 Å². The standard InChI is InChI=1S/C15H22O/c1-4-6-8-13(5-2)15(16)11-12(3)14-9-7-10-14/h4,6,8H,5,7,9-11H2,1-3H3/b6-4-,13-8+. The minimum Gasteiger partial charge on any atom is -0.294 e. The van der Waals surface area contributed by atoms with Gasteiger partial charge in [0.2, 0.25) is 0 Å². The van der Waals surface area contributed by atoms with Crippen LogP contribution in [0, 0.1) is 0 Å². The molecule has 88 valence electrons. The highest BCUT2D eigenvalue weighted by Gasteiger charge is 2.15. The third kappa shape index (κ3) is 3.48. The van der Waals surface area contributed by atoms with E-state index in [-0.39, 0.29) is 5.78 Å². The molecule has 0 aromatic rings. The molecular weight excluding hydrogens is 196 g/mol. The van der Waals surface area contributed by atoms with Crippen LogP contribution in [0.25, 0.3) is 0 Å². The normalized spacial score (nSPS) is 16.4. The monoisotopic (exact) mass is 218 g/mol. The maximum atomic E-state index is 12.0. The van der Waals surface area contributed by atoms with Crippen LogP contribution in [0.2, 0.25) is 0 Å². The maximum Gasteiger partial charge on any atom is 0.162 e. The Bertz CT molecular complexity index is 336. The van der Waals surface area contributed by atoms with Crippen molar-refractivity contribution in [3.63, 3.8) is 0 Å². The lowest BCUT2D eigenvalue weighted by atomic mass is 9.86. The van der Waals surface area contributed by atoms with Crippen LogP contribution in [0.15, 0.2) is 34.9 Å². The van der Waals surface area contributed by atoms with Crippen molar-refractivity contribution in [2.24, 2.45) is 0 Å². The van der Waals surface area contributed by atoms with Gasteiger partial charge in [-0.05, 0) is 45.1 Å². The van der Waals surface area contributed by atoms with Gasteiger partial charge in [0, 0.05) is 6.42 Å². The van der Waals surface area contributed by atoms with E-state index >= 15 is 0 Å². The molecule has 1 aliphatic carbocycles. The first-order valence-electron chi connectivity index (χ1n) is 6.21. The van der Waals surface area contributed by atoms with Gasteiger partial charge in [0.15, 0.2) is 5.78 Å². The third-order valence-electron chi connectivity index (χ3n) is 3.22. The van der Waals surface area contributed by atoms with Gasteiger partial charge in [-0.15, -0.1) is 0 Å². The summed E-state index contributed by atoms with van der Waals surface area (Å²) < 4.78 is 0. The average Bonchev–Trinajstić information content (AvgIpc) is 2.15. The number of hydrogen-bond acceptors (Lipinski definition) is 1. The summed E-state index contributed by atoms with van der Waals surface area (Å²) in [6.45, 7) is 6.12. The molecule has 1 heteroatoms. The number of Topliss-reactive ketones (excluding diaryl/α,β-unsaturated/α-hetero) is 1. The predicted molar refractivity (Wildman–Crippen MR) is 69.4 cm³/mol. The van der Waals surface area contributed by atoms with Crippen LogP contribution >= 0.6 is 0 Å². The molecule has 0 spiro atoms. The van der Waals surface area contributed by atoms with Gasteiger partial charge in [-0.3, -0.25) is 4.79 Å². The Morgan fingerprint density at radius 3 is 2.50 bits per heavy atom. The molecule has 0 aromatic heterocycles. The fourth-order valence-corrected chi connectivity index (χ4v) is 1.88. The molecule has 1 fully saturated rings. The van der Waals surface area contributed by atoms with Crippen molar-refractivity contribution < 1.29 is 4.79 Å². The fraction of sp³-hybridized carbons (Fsp3) is 0.533. The molecule has 0 aliphatic heterocycles. The predicted octanol–water partition coefficient (Wildman–Crippen LogP) is 4.36. The zero-order chi connectivity index (χ0) is 12.0. The zero-order valence-corrected chi connectivity index (χ0v) is 10.7. The van der Waals surface area contributed by atoms with E-state index in [9.17, 15) is 4.79 Å². The second-order valence-corrected chi connectivity index (χ2v) is 4.41. The molecule has 0 aromatic carbocycles. The Morgan fingerprint density at radius 1 is 1.38 bits per heavy atom. The van der Waals surface area contributed by atoms with Gasteiger partial charge in [-0.25, -0.2) is 0 Å². The Balaban J connectivity index is 2.62. The van der Waals surface area contributed by atoms with Crippen LogP contribution < -0.4 is 0 Å². The zero-order valence-electron chi connectivity index (χ0n) is 10.7. The van der Waals surface area contributed by atoms with Crippen molar-refractivity contribution in [3.05, 3.63) is 34.9 Å². The molecule has 0 amide bonds. The van der Waals surface area contributed by atoms with Crippen molar-refractivity contribution in [1.29, 1.82) is 0 Å². The SMILES string of the molecule is C/C=C\C=C(/CC)C(=O)CC(C)=C1CCC1. The van der Waals surface area contributed by atoms with Gasteiger partial charge in [-0.1, -0.05) is 36.3 Å². The van der Waals surface area contributed by atoms with Gasteiger partial charge in [0.1, 0.15) is 0 Å². The van der Waals surface area contributed by atoms with Crippen molar-refractivity contribution in [2.75, 3.05) is 0 Å². The van der Waals surface area contributed by atoms with E-state index in [4.69, 9.17) is 0 Å². The summed E-state index contributed by atoms with van der Waals surface area (Å²) in [5, 5.41) is 0. The molecule has 0 heterocycles. The van der Waals surface area contributed by atoms with E-state index in [2.05, 4.69) is 6.92 Å². The first kappa shape index (κ1) is 13.0. The minimum absolute atomic E-state index is 0.289.